The average molecular weight is 166 g/mol. The summed E-state index contributed by atoms with van der Waals surface area (Å²) in [5, 5.41) is 0. The highest BCUT2D eigenvalue weighted by atomic mass is 14.4. The highest BCUT2D eigenvalue weighted by Gasteiger charge is 2.39. The molecule has 0 aromatic carbocycles. The van der Waals surface area contributed by atoms with E-state index in [4.69, 9.17) is 0 Å². The van der Waals surface area contributed by atoms with Gasteiger partial charge in [0.2, 0.25) is 0 Å². The molecule has 1 aliphatic carbocycles. The molecule has 1 aliphatic rings. The lowest BCUT2D eigenvalue weighted by atomic mass is 9.92. The van der Waals surface area contributed by atoms with Gasteiger partial charge in [-0.05, 0) is 30.6 Å². The molecule has 0 amide bonds. The Balaban J connectivity index is 2.29. The van der Waals surface area contributed by atoms with Crippen LogP contribution in [0.2, 0.25) is 0 Å². The van der Waals surface area contributed by atoms with Gasteiger partial charge in [0.05, 0.1) is 0 Å². The van der Waals surface area contributed by atoms with Gasteiger partial charge in [-0.25, -0.2) is 0 Å². The monoisotopic (exact) mass is 166 g/mol. The van der Waals surface area contributed by atoms with Crippen LogP contribution in [0.4, 0.5) is 0 Å². The lowest BCUT2D eigenvalue weighted by Crippen LogP contribution is -2.02. The summed E-state index contributed by atoms with van der Waals surface area (Å²) in [5.41, 5.74) is 1.48. The predicted molar refractivity (Wildman–Crippen MR) is 55.1 cm³/mol. The summed E-state index contributed by atoms with van der Waals surface area (Å²) in [7, 11) is 0. The maximum atomic E-state index is 4.17. The van der Waals surface area contributed by atoms with E-state index in [1.165, 1.54) is 31.3 Å². The number of allylic oxidation sites excluding steroid dienone is 1. The maximum Gasteiger partial charge on any atom is -0.0203 e. The Hall–Kier alpha value is -0.260. The molecule has 0 heteroatoms. The summed E-state index contributed by atoms with van der Waals surface area (Å²) in [5.74, 6) is 2.79. The molecule has 0 nitrogen and oxygen atoms in total. The van der Waals surface area contributed by atoms with Crippen molar-refractivity contribution in [3.63, 3.8) is 0 Å². The van der Waals surface area contributed by atoms with Crippen LogP contribution in [0.25, 0.3) is 0 Å². The molecule has 12 heavy (non-hydrogen) atoms. The summed E-state index contributed by atoms with van der Waals surface area (Å²) in [6, 6.07) is 0. The van der Waals surface area contributed by atoms with E-state index in [1.54, 1.807) is 0 Å². The lowest BCUT2D eigenvalue weighted by molar-refractivity contribution is 0.518. The van der Waals surface area contributed by atoms with Gasteiger partial charge in [-0.2, -0.15) is 0 Å². The van der Waals surface area contributed by atoms with Crippen LogP contribution >= 0.6 is 0 Å². The molecule has 0 radical (unpaired) electrons. The predicted octanol–water partition coefficient (Wildman–Crippen LogP) is 4.02. The number of rotatable bonds is 5. The molecule has 1 fully saturated rings. The third kappa shape index (κ3) is 2.12. The highest BCUT2D eigenvalue weighted by molar-refractivity contribution is 5.06. The molecule has 1 rings (SSSR count). The molecule has 0 aliphatic heterocycles. The average Bonchev–Trinajstić information content (AvgIpc) is 2.82. The zero-order valence-corrected chi connectivity index (χ0v) is 8.77. The minimum Gasteiger partial charge on any atom is -0.0996 e. The fourth-order valence-corrected chi connectivity index (χ4v) is 2.20. The molecule has 0 saturated heterocycles. The quantitative estimate of drug-likeness (QED) is 0.541. The normalized spacial score (nSPS) is 29.9. The van der Waals surface area contributed by atoms with Crippen molar-refractivity contribution in [2.45, 2.75) is 46.5 Å². The standard InChI is InChI=1S/C12H22/c1-5-7-9(3)10(4)12-8-11(12)6-2/h10-12H,3,5-8H2,1-2,4H3/t10?,11-,12-/m1/s1. The number of hydrogen-bond acceptors (Lipinski definition) is 0. The molecule has 1 saturated carbocycles. The van der Waals surface area contributed by atoms with E-state index in [-0.39, 0.29) is 0 Å². The molecule has 0 spiro atoms. The van der Waals surface area contributed by atoms with Crippen molar-refractivity contribution in [3.8, 4) is 0 Å². The van der Waals surface area contributed by atoms with E-state index in [0.29, 0.717) is 0 Å². The van der Waals surface area contributed by atoms with E-state index in [1.807, 2.05) is 0 Å². The van der Waals surface area contributed by atoms with Crippen molar-refractivity contribution in [2.24, 2.45) is 17.8 Å². The van der Waals surface area contributed by atoms with Crippen LogP contribution in [0.1, 0.15) is 46.5 Å². The van der Waals surface area contributed by atoms with Crippen LogP contribution in [0.3, 0.4) is 0 Å². The maximum absolute atomic E-state index is 4.17. The molecule has 3 atom stereocenters. The molecule has 1 unspecified atom stereocenters. The van der Waals surface area contributed by atoms with E-state index in [9.17, 15) is 0 Å². The van der Waals surface area contributed by atoms with Gasteiger partial charge in [0, 0.05) is 0 Å². The summed E-state index contributed by atoms with van der Waals surface area (Å²) >= 11 is 0. The van der Waals surface area contributed by atoms with Crippen LogP contribution in [-0.2, 0) is 0 Å². The first kappa shape index (κ1) is 9.83. The molecule has 0 aromatic rings. The van der Waals surface area contributed by atoms with Gasteiger partial charge in [0.25, 0.3) is 0 Å². The van der Waals surface area contributed by atoms with Crippen LogP contribution in [-0.4, -0.2) is 0 Å². The Labute approximate surface area is 77.1 Å². The Morgan fingerprint density at radius 1 is 1.50 bits per heavy atom. The van der Waals surface area contributed by atoms with E-state index in [0.717, 1.165) is 17.8 Å². The minimum atomic E-state index is 0.787. The third-order valence-electron chi connectivity index (χ3n) is 3.36. The first-order chi connectivity index (χ1) is 5.70. The second-order valence-corrected chi connectivity index (χ2v) is 4.26. The summed E-state index contributed by atoms with van der Waals surface area (Å²) < 4.78 is 0. The van der Waals surface area contributed by atoms with Gasteiger partial charge in [0.15, 0.2) is 0 Å². The topological polar surface area (TPSA) is 0 Å². The first-order valence-corrected chi connectivity index (χ1v) is 5.38. The van der Waals surface area contributed by atoms with E-state index < -0.39 is 0 Å². The van der Waals surface area contributed by atoms with Gasteiger partial charge in [-0.3, -0.25) is 0 Å². The van der Waals surface area contributed by atoms with Crippen LogP contribution in [0.5, 0.6) is 0 Å². The third-order valence-corrected chi connectivity index (χ3v) is 3.36. The zero-order valence-electron chi connectivity index (χ0n) is 8.77. The van der Waals surface area contributed by atoms with Crippen LogP contribution in [0, 0.1) is 17.8 Å². The Kier molecular flexibility index (Phi) is 3.37. The Morgan fingerprint density at radius 2 is 2.17 bits per heavy atom. The van der Waals surface area contributed by atoms with Gasteiger partial charge < -0.3 is 0 Å². The summed E-state index contributed by atoms with van der Waals surface area (Å²) in [6.07, 6.45) is 5.32. The SMILES string of the molecule is C=C(CCC)C(C)[C@H]1C[C@H]1CC. The lowest BCUT2D eigenvalue weighted by Gasteiger charge is -2.13. The summed E-state index contributed by atoms with van der Waals surface area (Å²) in [4.78, 5) is 0. The van der Waals surface area contributed by atoms with Crippen molar-refractivity contribution in [1.82, 2.24) is 0 Å². The second-order valence-electron chi connectivity index (χ2n) is 4.26. The van der Waals surface area contributed by atoms with Gasteiger partial charge in [0.1, 0.15) is 0 Å². The van der Waals surface area contributed by atoms with Crippen molar-refractivity contribution < 1.29 is 0 Å². The largest absolute Gasteiger partial charge is 0.0996 e. The molecular weight excluding hydrogens is 144 g/mol. The Bertz CT molecular complexity index is 157. The summed E-state index contributed by atoms with van der Waals surface area (Å²) in [6.45, 7) is 11.1. The van der Waals surface area contributed by atoms with Crippen molar-refractivity contribution in [2.75, 3.05) is 0 Å². The molecule has 0 heterocycles. The van der Waals surface area contributed by atoms with Crippen LogP contribution < -0.4 is 0 Å². The fraction of sp³-hybridized carbons (Fsp3) is 0.833. The molecule has 0 N–H and O–H groups in total. The smallest absolute Gasteiger partial charge is 0.0203 e. The minimum absolute atomic E-state index is 0.787. The van der Waals surface area contributed by atoms with Gasteiger partial charge in [-0.1, -0.05) is 45.8 Å². The fourth-order valence-electron chi connectivity index (χ4n) is 2.20. The van der Waals surface area contributed by atoms with Crippen molar-refractivity contribution >= 4 is 0 Å². The van der Waals surface area contributed by atoms with E-state index >= 15 is 0 Å². The molecule has 0 bridgehead atoms. The van der Waals surface area contributed by atoms with Crippen molar-refractivity contribution in [3.05, 3.63) is 12.2 Å². The van der Waals surface area contributed by atoms with Gasteiger partial charge >= 0.3 is 0 Å². The Morgan fingerprint density at radius 3 is 2.58 bits per heavy atom. The second kappa shape index (κ2) is 4.11. The molecular formula is C12H22. The highest BCUT2D eigenvalue weighted by Crippen LogP contribution is 2.48. The molecule has 0 aromatic heterocycles. The van der Waals surface area contributed by atoms with E-state index in [2.05, 4.69) is 27.4 Å². The first-order valence-electron chi connectivity index (χ1n) is 5.38. The van der Waals surface area contributed by atoms with Crippen molar-refractivity contribution in [1.29, 1.82) is 0 Å². The number of hydrogen-bond donors (Lipinski definition) is 0. The molecule has 70 valence electrons. The van der Waals surface area contributed by atoms with Crippen LogP contribution in [0.15, 0.2) is 12.2 Å². The zero-order chi connectivity index (χ0) is 9.14. The van der Waals surface area contributed by atoms with Gasteiger partial charge in [-0.15, -0.1) is 0 Å².